The molecule has 1 atom stereocenters. The van der Waals surface area contributed by atoms with E-state index in [2.05, 4.69) is 33.4 Å². The molecule has 1 nitrogen and oxygen atoms in total. The monoisotopic (exact) mass is 341 g/mol. The van der Waals surface area contributed by atoms with Crippen LogP contribution in [0.3, 0.4) is 0 Å². The fourth-order valence-electron chi connectivity index (χ4n) is 2.05. The molecule has 0 aromatic heterocycles. The lowest BCUT2D eigenvalue weighted by Crippen LogP contribution is -2.19. The molecule has 0 aliphatic rings. The van der Waals surface area contributed by atoms with Gasteiger partial charge < -0.3 is 5.32 Å². The van der Waals surface area contributed by atoms with E-state index >= 15 is 0 Å². The van der Waals surface area contributed by atoms with Crippen LogP contribution in [0.2, 0.25) is 5.02 Å². The Balaban J connectivity index is 2.25. The number of halogens is 3. The van der Waals surface area contributed by atoms with E-state index in [1.54, 1.807) is 6.07 Å². The zero-order valence-electron chi connectivity index (χ0n) is 10.5. The molecule has 100 valence electrons. The Bertz CT molecular complexity index is 574. The SMILES string of the molecule is CNC(Cc1cccc(Br)c1)c1ccc(F)cc1Cl. The summed E-state index contributed by atoms with van der Waals surface area (Å²) in [6.07, 6.45) is 0.793. The molecule has 0 fully saturated rings. The molecule has 4 heteroatoms. The van der Waals surface area contributed by atoms with E-state index in [0.717, 1.165) is 16.5 Å². The van der Waals surface area contributed by atoms with Crippen molar-refractivity contribution in [3.05, 3.63) is 68.9 Å². The van der Waals surface area contributed by atoms with Gasteiger partial charge in [-0.1, -0.05) is 45.7 Å². The van der Waals surface area contributed by atoms with Crippen molar-refractivity contribution in [2.45, 2.75) is 12.5 Å². The van der Waals surface area contributed by atoms with Crippen molar-refractivity contribution >= 4 is 27.5 Å². The largest absolute Gasteiger partial charge is 0.313 e. The summed E-state index contributed by atoms with van der Waals surface area (Å²) >= 11 is 9.57. The molecular formula is C15H14BrClFN. The Labute approximate surface area is 125 Å². The second kappa shape index (κ2) is 6.51. The van der Waals surface area contributed by atoms with Crippen LogP contribution in [-0.4, -0.2) is 7.05 Å². The van der Waals surface area contributed by atoms with E-state index in [4.69, 9.17) is 11.6 Å². The van der Waals surface area contributed by atoms with Crippen molar-refractivity contribution in [2.75, 3.05) is 7.05 Å². The number of nitrogens with one attached hydrogen (secondary N) is 1. The predicted molar refractivity (Wildman–Crippen MR) is 81.1 cm³/mol. The Morgan fingerprint density at radius 3 is 2.68 bits per heavy atom. The van der Waals surface area contributed by atoms with Gasteiger partial charge in [0.05, 0.1) is 0 Å². The van der Waals surface area contributed by atoms with Gasteiger partial charge in [0.2, 0.25) is 0 Å². The minimum absolute atomic E-state index is 0.0578. The van der Waals surface area contributed by atoms with E-state index in [-0.39, 0.29) is 11.9 Å². The van der Waals surface area contributed by atoms with Gasteiger partial charge in [-0.25, -0.2) is 4.39 Å². The van der Waals surface area contributed by atoms with Crippen LogP contribution in [0.15, 0.2) is 46.9 Å². The highest BCUT2D eigenvalue weighted by Crippen LogP contribution is 2.27. The van der Waals surface area contributed by atoms with Crippen LogP contribution in [0.1, 0.15) is 17.2 Å². The van der Waals surface area contributed by atoms with Crippen LogP contribution >= 0.6 is 27.5 Å². The van der Waals surface area contributed by atoms with Crippen molar-refractivity contribution in [3.63, 3.8) is 0 Å². The third-order valence-electron chi connectivity index (χ3n) is 3.02. The highest BCUT2D eigenvalue weighted by Gasteiger charge is 2.14. The quantitative estimate of drug-likeness (QED) is 0.846. The maximum absolute atomic E-state index is 13.1. The van der Waals surface area contributed by atoms with Gasteiger partial charge in [0.15, 0.2) is 0 Å². The topological polar surface area (TPSA) is 12.0 Å². The molecule has 0 bridgehead atoms. The first kappa shape index (κ1) is 14.5. The summed E-state index contributed by atoms with van der Waals surface area (Å²) < 4.78 is 14.1. The van der Waals surface area contributed by atoms with Crippen LogP contribution in [0.5, 0.6) is 0 Å². The van der Waals surface area contributed by atoms with E-state index in [1.807, 2.05) is 19.2 Å². The molecule has 0 saturated heterocycles. The van der Waals surface area contributed by atoms with Crippen molar-refractivity contribution in [1.29, 1.82) is 0 Å². The highest BCUT2D eigenvalue weighted by atomic mass is 79.9. The minimum Gasteiger partial charge on any atom is -0.313 e. The Morgan fingerprint density at radius 2 is 2.05 bits per heavy atom. The maximum Gasteiger partial charge on any atom is 0.124 e. The van der Waals surface area contributed by atoms with Crippen molar-refractivity contribution < 1.29 is 4.39 Å². The number of rotatable bonds is 4. The van der Waals surface area contributed by atoms with Crippen LogP contribution < -0.4 is 5.32 Å². The second-order valence-corrected chi connectivity index (χ2v) is 5.66. The third kappa shape index (κ3) is 3.78. The van der Waals surface area contributed by atoms with Crippen LogP contribution in [0.25, 0.3) is 0 Å². The summed E-state index contributed by atoms with van der Waals surface area (Å²) in [4.78, 5) is 0. The first-order chi connectivity index (χ1) is 9.10. The minimum atomic E-state index is -0.314. The molecule has 1 unspecified atom stereocenters. The standard InChI is InChI=1S/C15H14BrClFN/c1-19-15(8-10-3-2-4-11(16)7-10)13-6-5-12(18)9-14(13)17/h2-7,9,15,19H,8H2,1H3. The van der Waals surface area contributed by atoms with E-state index in [9.17, 15) is 4.39 Å². The van der Waals surface area contributed by atoms with Crippen molar-refractivity contribution in [1.82, 2.24) is 5.32 Å². The van der Waals surface area contributed by atoms with Gasteiger partial charge in [-0.05, 0) is 48.9 Å². The molecule has 1 N–H and O–H groups in total. The molecule has 2 rings (SSSR count). The van der Waals surface area contributed by atoms with Gasteiger partial charge in [0, 0.05) is 15.5 Å². The summed E-state index contributed by atoms with van der Waals surface area (Å²) in [6, 6.07) is 12.7. The van der Waals surface area contributed by atoms with Gasteiger partial charge in [-0.3, -0.25) is 0 Å². The van der Waals surface area contributed by atoms with Gasteiger partial charge in [-0.15, -0.1) is 0 Å². The summed E-state index contributed by atoms with van der Waals surface area (Å²) in [5.41, 5.74) is 2.10. The molecule has 0 spiro atoms. The van der Waals surface area contributed by atoms with Gasteiger partial charge >= 0.3 is 0 Å². The number of hydrogen-bond donors (Lipinski definition) is 1. The Hall–Kier alpha value is -0.900. The fourth-order valence-corrected chi connectivity index (χ4v) is 2.80. The molecule has 0 saturated carbocycles. The molecular weight excluding hydrogens is 329 g/mol. The van der Waals surface area contributed by atoms with Crippen LogP contribution in [0.4, 0.5) is 4.39 Å². The highest BCUT2D eigenvalue weighted by molar-refractivity contribution is 9.10. The lowest BCUT2D eigenvalue weighted by molar-refractivity contribution is 0.586. The second-order valence-electron chi connectivity index (χ2n) is 4.34. The van der Waals surface area contributed by atoms with E-state index in [1.165, 1.54) is 17.7 Å². The molecule has 2 aromatic rings. The summed E-state index contributed by atoms with van der Waals surface area (Å²) in [7, 11) is 1.88. The van der Waals surface area contributed by atoms with E-state index < -0.39 is 0 Å². The molecule has 0 radical (unpaired) electrons. The number of hydrogen-bond acceptors (Lipinski definition) is 1. The molecule has 0 aliphatic carbocycles. The summed E-state index contributed by atoms with van der Waals surface area (Å²) in [5, 5.41) is 3.68. The predicted octanol–water partition coefficient (Wildman–Crippen LogP) is 4.74. The zero-order chi connectivity index (χ0) is 13.8. The number of benzene rings is 2. The average Bonchev–Trinajstić information content (AvgIpc) is 2.37. The lowest BCUT2D eigenvalue weighted by atomic mass is 9.99. The zero-order valence-corrected chi connectivity index (χ0v) is 12.8. The first-order valence-electron chi connectivity index (χ1n) is 5.97. The Morgan fingerprint density at radius 1 is 1.26 bits per heavy atom. The van der Waals surface area contributed by atoms with Crippen LogP contribution in [0, 0.1) is 5.82 Å². The van der Waals surface area contributed by atoms with Crippen LogP contribution in [-0.2, 0) is 6.42 Å². The van der Waals surface area contributed by atoms with E-state index in [0.29, 0.717) is 5.02 Å². The third-order valence-corrected chi connectivity index (χ3v) is 3.84. The normalized spacial score (nSPS) is 12.4. The van der Waals surface area contributed by atoms with Gasteiger partial charge in [0.25, 0.3) is 0 Å². The Kier molecular flexibility index (Phi) is 4.97. The molecule has 19 heavy (non-hydrogen) atoms. The summed E-state index contributed by atoms with van der Waals surface area (Å²) in [6.45, 7) is 0. The average molecular weight is 343 g/mol. The van der Waals surface area contributed by atoms with Crippen molar-refractivity contribution in [2.24, 2.45) is 0 Å². The molecule has 0 amide bonds. The maximum atomic E-state index is 13.1. The van der Waals surface area contributed by atoms with Gasteiger partial charge in [0.1, 0.15) is 5.82 Å². The first-order valence-corrected chi connectivity index (χ1v) is 7.14. The number of likely N-dealkylation sites (N-methyl/N-ethyl adjacent to an activating group) is 1. The van der Waals surface area contributed by atoms with Crippen molar-refractivity contribution in [3.8, 4) is 0 Å². The smallest absolute Gasteiger partial charge is 0.124 e. The molecule has 0 aliphatic heterocycles. The molecule has 2 aromatic carbocycles. The fraction of sp³-hybridized carbons (Fsp3) is 0.200. The van der Waals surface area contributed by atoms with Gasteiger partial charge in [-0.2, -0.15) is 0 Å². The lowest BCUT2D eigenvalue weighted by Gasteiger charge is -2.18. The molecule has 0 heterocycles. The summed E-state index contributed by atoms with van der Waals surface area (Å²) in [5.74, 6) is -0.314.